The van der Waals surface area contributed by atoms with Crippen LogP contribution in [0.25, 0.3) is 11.2 Å². The minimum atomic E-state index is 0.322. The zero-order valence-electron chi connectivity index (χ0n) is 8.91. The minimum absolute atomic E-state index is 0.322. The largest absolute Gasteiger partial charge is 0.508 e. The summed E-state index contributed by atoms with van der Waals surface area (Å²) in [5.41, 5.74) is 6.78. The molecule has 6 heteroatoms. The van der Waals surface area contributed by atoms with E-state index in [0.29, 0.717) is 22.7 Å². The van der Waals surface area contributed by atoms with Crippen molar-refractivity contribution < 1.29 is 5.11 Å². The molecule has 0 saturated heterocycles. The lowest BCUT2D eigenvalue weighted by molar-refractivity contribution is 0.475. The van der Waals surface area contributed by atoms with Gasteiger partial charge in [0.1, 0.15) is 17.6 Å². The molecule has 2 heterocycles. The molecule has 3 aromatic rings. The van der Waals surface area contributed by atoms with Crippen molar-refractivity contribution in [1.82, 2.24) is 19.9 Å². The van der Waals surface area contributed by atoms with E-state index in [2.05, 4.69) is 19.9 Å². The number of fused-ring (bicyclic) bond motifs is 1. The van der Waals surface area contributed by atoms with Gasteiger partial charge in [-0.3, -0.25) is 0 Å². The number of nitrogens with zero attached hydrogens (tertiary/aromatic N) is 3. The fraction of sp³-hybridized carbons (Fsp3) is 0. The molecule has 86 valence electrons. The summed E-state index contributed by atoms with van der Waals surface area (Å²) in [5.74, 6) is 0.755. The number of nitrogens with one attached hydrogen (secondary N) is 1. The Morgan fingerprint density at radius 3 is 2.41 bits per heavy atom. The number of rotatable bonds is 0. The summed E-state index contributed by atoms with van der Waals surface area (Å²) in [6, 6.07) is 8.71. The highest BCUT2D eigenvalue weighted by atomic mass is 16.3. The van der Waals surface area contributed by atoms with Gasteiger partial charge in [0, 0.05) is 0 Å². The molecule has 4 N–H and O–H groups in total. The maximum absolute atomic E-state index is 8.63. The number of hydrogen-bond acceptors (Lipinski definition) is 5. The Labute approximate surface area is 97.2 Å². The molecule has 0 amide bonds. The molecule has 0 aliphatic rings. The first-order valence-corrected chi connectivity index (χ1v) is 4.91. The third-order valence-electron chi connectivity index (χ3n) is 2.01. The molecule has 3 rings (SSSR count). The molecule has 0 aliphatic heterocycles. The first kappa shape index (κ1) is 10.9. The van der Waals surface area contributed by atoms with Crippen molar-refractivity contribution in [3.05, 3.63) is 43.0 Å². The molecule has 17 heavy (non-hydrogen) atoms. The Morgan fingerprint density at radius 1 is 1.06 bits per heavy atom. The van der Waals surface area contributed by atoms with Crippen LogP contribution in [-0.4, -0.2) is 25.0 Å². The number of nitrogen functional groups attached to an aromatic ring is 1. The smallest absolute Gasteiger partial charge is 0.182 e. The van der Waals surface area contributed by atoms with E-state index in [0.717, 1.165) is 0 Å². The second-order valence-electron chi connectivity index (χ2n) is 3.20. The lowest BCUT2D eigenvalue weighted by Gasteiger charge is -1.89. The summed E-state index contributed by atoms with van der Waals surface area (Å²) in [7, 11) is 0. The van der Waals surface area contributed by atoms with Crippen LogP contribution in [0.2, 0.25) is 0 Å². The molecular weight excluding hydrogens is 218 g/mol. The normalized spacial score (nSPS) is 9.65. The molecule has 0 bridgehead atoms. The number of anilines is 1. The average molecular weight is 229 g/mol. The maximum atomic E-state index is 8.63. The highest BCUT2D eigenvalue weighted by Gasteiger charge is 1.99. The number of benzene rings is 1. The van der Waals surface area contributed by atoms with Crippen molar-refractivity contribution in [2.75, 3.05) is 5.73 Å². The van der Waals surface area contributed by atoms with E-state index in [1.807, 2.05) is 6.07 Å². The van der Waals surface area contributed by atoms with E-state index >= 15 is 0 Å². The highest BCUT2D eigenvalue weighted by molar-refractivity contribution is 5.80. The van der Waals surface area contributed by atoms with Crippen LogP contribution in [0.4, 0.5) is 5.82 Å². The minimum Gasteiger partial charge on any atom is -0.508 e. The quantitative estimate of drug-likeness (QED) is 0.539. The van der Waals surface area contributed by atoms with Crippen LogP contribution in [0.5, 0.6) is 5.75 Å². The van der Waals surface area contributed by atoms with Gasteiger partial charge in [-0.25, -0.2) is 15.0 Å². The Hall–Kier alpha value is -2.63. The van der Waals surface area contributed by atoms with E-state index < -0.39 is 0 Å². The predicted octanol–water partition coefficient (Wildman–Crippen LogP) is 1.33. The summed E-state index contributed by atoms with van der Waals surface area (Å²) >= 11 is 0. The molecule has 0 saturated carbocycles. The number of phenols is 1. The van der Waals surface area contributed by atoms with Crippen molar-refractivity contribution >= 4 is 17.0 Å². The first-order valence-electron chi connectivity index (χ1n) is 4.91. The number of imidazole rings is 1. The Kier molecular flexibility index (Phi) is 3.15. The number of hydrogen-bond donors (Lipinski definition) is 3. The number of aromatic nitrogens is 4. The molecule has 0 spiro atoms. The lowest BCUT2D eigenvalue weighted by atomic mass is 10.3. The predicted molar refractivity (Wildman–Crippen MR) is 64.2 cm³/mol. The summed E-state index contributed by atoms with van der Waals surface area (Å²) in [6.07, 6.45) is 2.92. The van der Waals surface area contributed by atoms with Gasteiger partial charge in [0.15, 0.2) is 11.5 Å². The molecular formula is C11H11N5O. The molecule has 0 atom stereocenters. The highest BCUT2D eigenvalue weighted by Crippen LogP contribution is 2.09. The van der Waals surface area contributed by atoms with E-state index in [4.69, 9.17) is 10.8 Å². The molecule has 0 radical (unpaired) electrons. The van der Waals surface area contributed by atoms with Gasteiger partial charge in [-0.05, 0) is 12.1 Å². The molecule has 0 fully saturated rings. The first-order chi connectivity index (χ1) is 8.27. The van der Waals surface area contributed by atoms with Gasteiger partial charge in [0.2, 0.25) is 0 Å². The monoisotopic (exact) mass is 229 g/mol. The van der Waals surface area contributed by atoms with Crippen molar-refractivity contribution in [2.45, 2.75) is 0 Å². The Morgan fingerprint density at radius 2 is 1.82 bits per heavy atom. The standard InChI is InChI=1S/C6H6O.C5H5N5/c7-6-4-2-1-3-5-6;6-4-3-5(9-1-7-3)10-2-8-4/h1-5,7H;1-2H,(H3,6,7,8,9,10). The van der Waals surface area contributed by atoms with Gasteiger partial charge in [-0.1, -0.05) is 18.2 Å². The van der Waals surface area contributed by atoms with Crippen molar-refractivity contribution in [3.63, 3.8) is 0 Å². The van der Waals surface area contributed by atoms with Gasteiger partial charge < -0.3 is 15.8 Å². The van der Waals surface area contributed by atoms with Crippen LogP contribution in [0, 0.1) is 0 Å². The number of phenolic OH excluding ortho intramolecular Hbond substituents is 1. The van der Waals surface area contributed by atoms with Crippen LogP contribution >= 0.6 is 0 Å². The van der Waals surface area contributed by atoms with Gasteiger partial charge in [-0.15, -0.1) is 0 Å². The van der Waals surface area contributed by atoms with E-state index in [-0.39, 0.29) is 0 Å². The topological polar surface area (TPSA) is 101 Å². The fourth-order valence-corrected chi connectivity index (χ4v) is 1.21. The SMILES string of the molecule is Nc1ncnc2nc[nH]c12.Oc1ccccc1. The summed E-state index contributed by atoms with van der Waals surface area (Å²) < 4.78 is 0. The summed E-state index contributed by atoms with van der Waals surface area (Å²) in [6.45, 7) is 0. The fourth-order valence-electron chi connectivity index (χ4n) is 1.21. The van der Waals surface area contributed by atoms with Crippen LogP contribution in [0.3, 0.4) is 0 Å². The molecule has 1 aromatic carbocycles. The number of aromatic hydroxyl groups is 1. The Bertz CT molecular complexity index is 593. The van der Waals surface area contributed by atoms with Crippen molar-refractivity contribution in [3.8, 4) is 5.75 Å². The number of nitrogens with two attached hydrogens (primary N) is 1. The number of H-pyrrole nitrogens is 1. The molecule has 0 aliphatic carbocycles. The van der Waals surface area contributed by atoms with Crippen LogP contribution in [-0.2, 0) is 0 Å². The zero-order chi connectivity index (χ0) is 12.1. The average Bonchev–Trinajstić information content (AvgIpc) is 2.80. The van der Waals surface area contributed by atoms with E-state index in [9.17, 15) is 0 Å². The lowest BCUT2D eigenvalue weighted by Crippen LogP contribution is -1.91. The third kappa shape index (κ3) is 2.69. The third-order valence-corrected chi connectivity index (χ3v) is 2.01. The van der Waals surface area contributed by atoms with Gasteiger partial charge in [0.25, 0.3) is 0 Å². The second-order valence-corrected chi connectivity index (χ2v) is 3.20. The van der Waals surface area contributed by atoms with Crippen LogP contribution in [0.1, 0.15) is 0 Å². The zero-order valence-corrected chi connectivity index (χ0v) is 8.91. The molecule has 0 unspecified atom stereocenters. The second kappa shape index (κ2) is 4.93. The maximum Gasteiger partial charge on any atom is 0.182 e. The van der Waals surface area contributed by atoms with Crippen LogP contribution in [0.15, 0.2) is 43.0 Å². The molecule has 6 nitrogen and oxygen atoms in total. The van der Waals surface area contributed by atoms with Gasteiger partial charge in [0.05, 0.1) is 6.33 Å². The van der Waals surface area contributed by atoms with Crippen molar-refractivity contribution in [2.24, 2.45) is 0 Å². The van der Waals surface area contributed by atoms with Gasteiger partial charge >= 0.3 is 0 Å². The number of aromatic amines is 1. The van der Waals surface area contributed by atoms with Gasteiger partial charge in [-0.2, -0.15) is 0 Å². The summed E-state index contributed by atoms with van der Waals surface area (Å²) in [5, 5.41) is 8.63. The van der Waals surface area contributed by atoms with E-state index in [1.165, 1.54) is 12.7 Å². The van der Waals surface area contributed by atoms with E-state index in [1.54, 1.807) is 24.3 Å². The van der Waals surface area contributed by atoms with Crippen LogP contribution < -0.4 is 5.73 Å². The molecule has 2 aromatic heterocycles. The van der Waals surface area contributed by atoms with Crippen molar-refractivity contribution in [1.29, 1.82) is 0 Å². The Balaban J connectivity index is 0.000000136. The summed E-state index contributed by atoms with van der Waals surface area (Å²) in [4.78, 5) is 14.4. The number of para-hydroxylation sites is 1.